The number of hydrogen-bond donors (Lipinski definition) is 1. The molecular formula is C14H25N3O2. The Kier molecular flexibility index (Phi) is 4.82. The summed E-state index contributed by atoms with van der Waals surface area (Å²) in [7, 11) is 0. The number of nitrogens with zero attached hydrogens (tertiary/aromatic N) is 2. The molecule has 2 unspecified atom stereocenters. The van der Waals surface area contributed by atoms with E-state index in [4.69, 9.17) is 4.74 Å². The highest BCUT2D eigenvalue weighted by Gasteiger charge is 2.26. The van der Waals surface area contributed by atoms with Crippen molar-refractivity contribution in [3.8, 4) is 0 Å². The van der Waals surface area contributed by atoms with Crippen LogP contribution in [0.4, 0.5) is 0 Å². The zero-order valence-electron chi connectivity index (χ0n) is 12.1. The van der Waals surface area contributed by atoms with Crippen LogP contribution in [0.25, 0.3) is 0 Å². The molecule has 108 valence electrons. The molecule has 0 aromatic carbocycles. The number of hydrogen-bond acceptors (Lipinski definition) is 3. The maximum atomic E-state index is 12.2. The van der Waals surface area contributed by atoms with E-state index < -0.39 is 0 Å². The average Bonchev–Trinajstić information content (AvgIpc) is 2.99. The van der Waals surface area contributed by atoms with Crippen molar-refractivity contribution in [1.82, 2.24) is 14.5 Å². The van der Waals surface area contributed by atoms with E-state index in [0.717, 1.165) is 32.7 Å². The highest BCUT2D eigenvalue weighted by molar-refractivity contribution is 4.87. The lowest BCUT2D eigenvalue weighted by atomic mass is 9.99. The monoisotopic (exact) mass is 267 g/mol. The van der Waals surface area contributed by atoms with Crippen molar-refractivity contribution in [2.45, 2.75) is 45.8 Å². The SMILES string of the molecule is CCNC(Cn1ccn(C(C)C)c1=O)C1CCOC1. The Morgan fingerprint density at radius 2 is 2.26 bits per heavy atom. The van der Waals surface area contributed by atoms with Gasteiger partial charge in [0, 0.05) is 43.5 Å². The van der Waals surface area contributed by atoms with Crippen LogP contribution < -0.4 is 11.0 Å². The molecule has 0 radical (unpaired) electrons. The van der Waals surface area contributed by atoms with Crippen LogP contribution in [-0.4, -0.2) is 34.9 Å². The molecule has 1 aromatic rings. The quantitative estimate of drug-likeness (QED) is 0.844. The predicted molar refractivity (Wildman–Crippen MR) is 75.5 cm³/mol. The van der Waals surface area contributed by atoms with Crippen molar-refractivity contribution in [1.29, 1.82) is 0 Å². The van der Waals surface area contributed by atoms with Gasteiger partial charge in [0.15, 0.2) is 0 Å². The van der Waals surface area contributed by atoms with Gasteiger partial charge in [-0.2, -0.15) is 0 Å². The van der Waals surface area contributed by atoms with Crippen LogP contribution in [-0.2, 0) is 11.3 Å². The fraction of sp³-hybridized carbons (Fsp3) is 0.786. The summed E-state index contributed by atoms with van der Waals surface area (Å²) in [6, 6.07) is 0.523. The molecule has 0 amide bonds. The van der Waals surface area contributed by atoms with Crippen molar-refractivity contribution < 1.29 is 4.74 Å². The van der Waals surface area contributed by atoms with E-state index in [1.54, 1.807) is 4.57 Å². The third-order valence-corrected chi connectivity index (χ3v) is 3.82. The van der Waals surface area contributed by atoms with E-state index in [2.05, 4.69) is 12.2 Å². The molecular weight excluding hydrogens is 242 g/mol. The Bertz CT molecular complexity index is 444. The van der Waals surface area contributed by atoms with E-state index in [1.807, 2.05) is 30.8 Å². The minimum Gasteiger partial charge on any atom is -0.381 e. The zero-order valence-corrected chi connectivity index (χ0v) is 12.1. The van der Waals surface area contributed by atoms with Gasteiger partial charge in [-0.25, -0.2) is 4.79 Å². The summed E-state index contributed by atoms with van der Waals surface area (Å²) in [6.07, 6.45) is 4.85. The molecule has 2 atom stereocenters. The van der Waals surface area contributed by atoms with E-state index in [9.17, 15) is 4.79 Å². The Labute approximate surface area is 114 Å². The number of imidazole rings is 1. The molecule has 1 aliphatic rings. The van der Waals surface area contributed by atoms with Crippen molar-refractivity contribution in [3.63, 3.8) is 0 Å². The first-order valence-electron chi connectivity index (χ1n) is 7.21. The van der Waals surface area contributed by atoms with Crippen molar-refractivity contribution >= 4 is 0 Å². The number of aromatic nitrogens is 2. The molecule has 0 aliphatic carbocycles. The number of ether oxygens (including phenoxy) is 1. The fourth-order valence-electron chi connectivity index (χ4n) is 2.68. The van der Waals surface area contributed by atoms with Crippen LogP contribution >= 0.6 is 0 Å². The van der Waals surface area contributed by atoms with Gasteiger partial charge in [0.1, 0.15) is 0 Å². The van der Waals surface area contributed by atoms with Gasteiger partial charge < -0.3 is 10.1 Å². The minimum atomic E-state index is 0.0804. The van der Waals surface area contributed by atoms with E-state index in [-0.39, 0.29) is 11.7 Å². The van der Waals surface area contributed by atoms with Gasteiger partial charge in [-0.1, -0.05) is 6.92 Å². The van der Waals surface area contributed by atoms with Gasteiger partial charge >= 0.3 is 5.69 Å². The topological polar surface area (TPSA) is 48.2 Å². The highest BCUT2D eigenvalue weighted by atomic mass is 16.5. The molecule has 1 aliphatic heterocycles. The fourth-order valence-corrected chi connectivity index (χ4v) is 2.68. The summed E-state index contributed by atoms with van der Waals surface area (Å²) in [5.41, 5.74) is 0.0804. The lowest BCUT2D eigenvalue weighted by molar-refractivity contribution is 0.173. The summed E-state index contributed by atoms with van der Waals surface area (Å²) in [5.74, 6) is 0.509. The maximum absolute atomic E-state index is 12.2. The first-order chi connectivity index (χ1) is 9.13. The van der Waals surface area contributed by atoms with E-state index >= 15 is 0 Å². The first kappa shape index (κ1) is 14.3. The normalized spacial score (nSPS) is 21.2. The molecule has 1 N–H and O–H groups in total. The lowest BCUT2D eigenvalue weighted by Gasteiger charge is -2.23. The minimum absolute atomic E-state index is 0.0804. The second-order valence-corrected chi connectivity index (χ2v) is 5.52. The molecule has 2 heterocycles. The van der Waals surface area contributed by atoms with Crippen molar-refractivity contribution in [3.05, 3.63) is 22.9 Å². The second kappa shape index (κ2) is 6.39. The zero-order chi connectivity index (χ0) is 13.8. The molecule has 5 nitrogen and oxygen atoms in total. The van der Waals surface area contributed by atoms with Gasteiger partial charge in [-0.3, -0.25) is 9.13 Å². The van der Waals surface area contributed by atoms with Gasteiger partial charge in [0.05, 0.1) is 6.61 Å². The number of nitrogens with one attached hydrogen (secondary N) is 1. The van der Waals surface area contributed by atoms with Crippen LogP contribution in [0.3, 0.4) is 0 Å². The summed E-state index contributed by atoms with van der Waals surface area (Å²) in [4.78, 5) is 12.2. The molecule has 0 spiro atoms. The van der Waals surface area contributed by atoms with Crippen LogP contribution in [0.15, 0.2) is 17.2 Å². The third-order valence-electron chi connectivity index (χ3n) is 3.82. The molecule has 0 bridgehead atoms. The van der Waals surface area contributed by atoms with Gasteiger partial charge in [0.2, 0.25) is 0 Å². The van der Waals surface area contributed by atoms with Crippen molar-refractivity contribution in [2.75, 3.05) is 19.8 Å². The molecule has 1 fully saturated rings. The predicted octanol–water partition coefficient (Wildman–Crippen LogP) is 1.25. The molecule has 2 rings (SSSR count). The lowest BCUT2D eigenvalue weighted by Crippen LogP contribution is -2.42. The van der Waals surface area contributed by atoms with Crippen molar-refractivity contribution in [2.24, 2.45) is 5.92 Å². The summed E-state index contributed by atoms with van der Waals surface area (Å²) in [6.45, 7) is 9.44. The number of likely N-dealkylation sites (N-methyl/N-ethyl adjacent to an activating group) is 1. The first-order valence-corrected chi connectivity index (χ1v) is 7.21. The Hall–Kier alpha value is -1.07. The standard InChI is InChI=1S/C14H25N3O2/c1-4-15-13(12-5-8-19-10-12)9-16-6-7-17(11(2)3)14(16)18/h6-7,11-13,15H,4-5,8-10H2,1-3H3. The average molecular weight is 267 g/mol. The third kappa shape index (κ3) is 3.28. The van der Waals surface area contributed by atoms with E-state index in [1.165, 1.54) is 0 Å². The maximum Gasteiger partial charge on any atom is 0.328 e. The Morgan fingerprint density at radius 3 is 2.79 bits per heavy atom. The number of rotatable bonds is 6. The highest BCUT2D eigenvalue weighted by Crippen LogP contribution is 2.17. The summed E-state index contributed by atoms with van der Waals surface area (Å²) < 4.78 is 9.05. The molecule has 0 saturated carbocycles. The summed E-state index contributed by atoms with van der Waals surface area (Å²) in [5, 5.41) is 3.49. The largest absolute Gasteiger partial charge is 0.381 e. The Morgan fingerprint density at radius 1 is 1.47 bits per heavy atom. The van der Waals surface area contributed by atoms with Gasteiger partial charge in [0.25, 0.3) is 0 Å². The van der Waals surface area contributed by atoms with Gasteiger partial charge in [-0.15, -0.1) is 0 Å². The molecule has 5 heteroatoms. The van der Waals surface area contributed by atoms with Crippen LogP contribution in [0, 0.1) is 5.92 Å². The van der Waals surface area contributed by atoms with Crippen LogP contribution in [0.1, 0.15) is 33.2 Å². The van der Waals surface area contributed by atoms with Crippen LogP contribution in [0.5, 0.6) is 0 Å². The molecule has 1 saturated heterocycles. The smallest absolute Gasteiger partial charge is 0.328 e. The van der Waals surface area contributed by atoms with Gasteiger partial charge in [-0.05, 0) is 26.8 Å². The second-order valence-electron chi connectivity index (χ2n) is 5.52. The van der Waals surface area contributed by atoms with Crippen LogP contribution in [0.2, 0.25) is 0 Å². The molecule has 1 aromatic heterocycles. The Balaban J connectivity index is 2.10. The molecule has 19 heavy (non-hydrogen) atoms. The van der Waals surface area contributed by atoms with E-state index in [0.29, 0.717) is 12.0 Å². The summed E-state index contributed by atoms with van der Waals surface area (Å²) >= 11 is 0.